The van der Waals surface area contributed by atoms with Crippen molar-refractivity contribution in [2.75, 3.05) is 18.8 Å². The van der Waals surface area contributed by atoms with Gasteiger partial charge in [0.25, 0.3) is 0 Å². The Bertz CT molecular complexity index is 1020. The Morgan fingerprint density at radius 1 is 1.17 bits per heavy atom. The van der Waals surface area contributed by atoms with E-state index in [-0.39, 0.29) is 5.41 Å². The maximum absolute atomic E-state index is 4.40. The highest BCUT2D eigenvalue weighted by atomic mass is 32.2. The molecule has 3 aromatic rings. The van der Waals surface area contributed by atoms with Gasteiger partial charge < -0.3 is 4.57 Å². The summed E-state index contributed by atoms with van der Waals surface area (Å²) in [7, 11) is 2.05. The molecule has 160 valence electrons. The summed E-state index contributed by atoms with van der Waals surface area (Å²) < 4.78 is 2.09. The summed E-state index contributed by atoms with van der Waals surface area (Å²) in [6.45, 7) is 12.3. The number of fused-ring (bicyclic) bond motifs is 1. The number of hydrogen-bond donors (Lipinski definition) is 0. The molecule has 0 N–H and O–H groups in total. The van der Waals surface area contributed by atoms with Crippen LogP contribution in [0.4, 0.5) is 0 Å². The highest BCUT2D eigenvalue weighted by Crippen LogP contribution is 2.29. The zero-order valence-electron chi connectivity index (χ0n) is 18.6. The van der Waals surface area contributed by atoms with Gasteiger partial charge in [-0.2, -0.15) is 0 Å². The van der Waals surface area contributed by atoms with E-state index in [1.165, 1.54) is 16.7 Å². The lowest BCUT2D eigenvalue weighted by Gasteiger charge is -2.30. The number of aryl methyl sites for hydroxylation is 1. The van der Waals surface area contributed by atoms with Crippen LogP contribution in [0.5, 0.6) is 0 Å². The Morgan fingerprint density at radius 2 is 2.00 bits per heavy atom. The molecule has 0 amide bonds. The Kier molecular flexibility index (Phi) is 6.32. The average molecular weight is 442 g/mol. The van der Waals surface area contributed by atoms with Gasteiger partial charge in [0.1, 0.15) is 0 Å². The minimum Gasteiger partial charge on any atom is -0.304 e. The Hall–Kier alpha value is -1.70. The number of nitrogens with zero attached hydrogens (tertiary/aromatic N) is 5. The van der Waals surface area contributed by atoms with Crippen molar-refractivity contribution in [3.8, 4) is 10.7 Å². The van der Waals surface area contributed by atoms with E-state index in [9.17, 15) is 0 Å². The van der Waals surface area contributed by atoms with Crippen LogP contribution in [-0.4, -0.2) is 43.5 Å². The molecule has 30 heavy (non-hydrogen) atoms. The molecule has 0 spiro atoms. The first kappa shape index (κ1) is 21.5. The van der Waals surface area contributed by atoms with Gasteiger partial charge in [0.2, 0.25) is 0 Å². The molecule has 1 aliphatic heterocycles. The average Bonchev–Trinajstić information content (AvgIpc) is 3.29. The largest absolute Gasteiger partial charge is 0.304 e. The Morgan fingerprint density at radius 3 is 2.73 bits per heavy atom. The van der Waals surface area contributed by atoms with Gasteiger partial charge in [-0.05, 0) is 48.4 Å². The van der Waals surface area contributed by atoms with Crippen LogP contribution in [0.1, 0.15) is 49.6 Å². The second kappa shape index (κ2) is 8.81. The summed E-state index contributed by atoms with van der Waals surface area (Å²) in [5, 5.41) is 9.78. The van der Waals surface area contributed by atoms with Crippen molar-refractivity contribution < 1.29 is 0 Å². The minimum atomic E-state index is 0.209. The molecule has 4 rings (SSSR count). The molecule has 1 aromatic carbocycles. The van der Waals surface area contributed by atoms with E-state index in [1.807, 2.05) is 19.5 Å². The molecule has 0 atom stereocenters. The van der Waals surface area contributed by atoms with Crippen LogP contribution >= 0.6 is 23.1 Å². The molecule has 2 aromatic heterocycles. The molecule has 0 saturated heterocycles. The van der Waals surface area contributed by atoms with Crippen molar-refractivity contribution in [2.45, 2.75) is 57.7 Å². The molecule has 5 nitrogen and oxygen atoms in total. The summed E-state index contributed by atoms with van der Waals surface area (Å²) in [6.07, 6.45) is 2.31. The number of hydrogen-bond acceptors (Lipinski definition) is 6. The highest BCUT2D eigenvalue weighted by molar-refractivity contribution is 7.99. The van der Waals surface area contributed by atoms with Gasteiger partial charge in [0.15, 0.2) is 11.0 Å². The van der Waals surface area contributed by atoms with Crippen molar-refractivity contribution >= 4 is 23.1 Å². The van der Waals surface area contributed by atoms with Crippen LogP contribution < -0.4 is 0 Å². The van der Waals surface area contributed by atoms with E-state index in [4.69, 9.17) is 0 Å². The third kappa shape index (κ3) is 4.63. The van der Waals surface area contributed by atoms with Crippen molar-refractivity contribution in [3.63, 3.8) is 0 Å². The molecule has 0 aliphatic carbocycles. The number of thioether (sulfide) groups is 1. The maximum atomic E-state index is 4.40. The fourth-order valence-corrected chi connectivity index (χ4v) is 5.54. The van der Waals surface area contributed by atoms with E-state index >= 15 is 0 Å². The van der Waals surface area contributed by atoms with Crippen molar-refractivity contribution in [2.24, 2.45) is 7.05 Å². The Labute approximate surface area is 187 Å². The van der Waals surface area contributed by atoms with Gasteiger partial charge in [-0.1, -0.05) is 50.7 Å². The van der Waals surface area contributed by atoms with Crippen molar-refractivity contribution in [1.29, 1.82) is 0 Å². The zero-order valence-corrected chi connectivity index (χ0v) is 20.2. The molecule has 1 aliphatic rings. The van der Waals surface area contributed by atoms with Gasteiger partial charge in [0, 0.05) is 25.9 Å². The van der Waals surface area contributed by atoms with Crippen LogP contribution in [-0.2, 0) is 25.4 Å². The quantitative estimate of drug-likeness (QED) is 0.394. The third-order valence-electron chi connectivity index (χ3n) is 5.80. The fourth-order valence-electron chi connectivity index (χ4n) is 3.88. The van der Waals surface area contributed by atoms with Gasteiger partial charge >= 0.3 is 0 Å². The molecule has 0 fully saturated rings. The molecule has 0 saturated carbocycles. The minimum absolute atomic E-state index is 0.209. The molecule has 7 heteroatoms. The lowest BCUT2D eigenvalue weighted by Crippen LogP contribution is -2.32. The van der Waals surface area contributed by atoms with Gasteiger partial charge in [-0.3, -0.25) is 4.90 Å². The summed E-state index contributed by atoms with van der Waals surface area (Å²) >= 11 is 3.42. The van der Waals surface area contributed by atoms with Gasteiger partial charge in [-0.25, -0.2) is 4.98 Å². The summed E-state index contributed by atoms with van der Waals surface area (Å²) in [5.74, 6) is 1.97. The van der Waals surface area contributed by atoms with Crippen LogP contribution in [0, 0.1) is 6.92 Å². The van der Waals surface area contributed by atoms with Crippen molar-refractivity contribution in [3.05, 3.63) is 46.1 Å². The number of aromatic nitrogens is 4. The smallest absolute Gasteiger partial charge is 0.191 e. The number of thiazole rings is 1. The monoisotopic (exact) mass is 441 g/mol. The lowest BCUT2D eigenvalue weighted by atomic mass is 9.84. The standard InChI is InChI=1S/C23H31N5S2/c1-16-20(30-15-24-16)21-25-26-22(27(21)5)29-12-6-10-28-11-9-17-7-8-19(23(2,3)4)13-18(17)14-28/h7-8,13,15H,6,9-12,14H2,1-5H3. The topological polar surface area (TPSA) is 46.8 Å². The molecular weight excluding hydrogens is 410 g/mol. The van der Waals surface area contributed by atoms with Gasteiger partial charge in [0.05, 0.1) is 16.1 Å². The normalized spacial score (nSPS) is 14.8. The first-order valence-electron chi connectivity index (χ1n) is 10.6. The summed E-state index contributed by atoms with van der Waals surface area (Å²) in [6, 6.07) is 7.09. The van der Waals surface area contributed by atoms with E-state index in [0.29, 0.717) is 0 Å². The first-order valence-corrected chi connectivity index (χ1v) is 12.5. The second-order valence-corrected chi connectivity index (χ2v) is 11.0. The van der Waals surface area contributed by atoms with Crippen LogP contribution in [0.2, 0.25) is 0 Å². The molecule has 0 bridgehead atoms. The van der Waals surface area contributed by atoms with Crippen LogP contribution in [0.15, 0.2) is 28.9 Å². The van der Waals surface area contributed by atoms with Crippen molar-refractivity contribution in [1.82, 2.24) is 24.6 Å². The second-order valence-electron chi connectivity index (χ2n) is 9.09. The zero-order chi connectivity index (χ0) is 21.3. The van der Waals surface area contributed by atoms with Crippen LogP contribution in [0.3, 0.4) is 0 Å². The summed E-state index contributed by atoms with van der Waals surface area (Å²) in [4.78, 5) is 8.04. The summed E-state index contributed by atoms with van der Waals surface area (Å²) in [5.41, 5.74) is 7.58. The van der Waals surface area contributed by atoms with E-state index in [0.717, 1.165) is 59.8 Å². The predicted octanol–water partition coefficient (Wildman–Crippen LogP) is 5.09. The molecular formula is C23H31N5S2. The SMILES string of the molecule is Cc1ncsc1-c1nnc(SCCCN2CCc3ccc(C(C)(C)C)cc3C2)n1C. The number of rotatable bonds is 6. The van der Waals surface area contributed by atoms with E-state index in [1.54, 1.807) is 23.1 Å². The van der Waals surface area contributed by atoms with Gasteiger partial charge in [-0.15, -0.1) is 21.5 Å². The van der Waals surface area contributed by atoms with E-state index in [2.05, 4.69) is 63.6 Å². The molecule has 0 radical (unpaired) electrons. The molecule has 0 unspecified atom stereocenters. The molecule has 3 heterocycles. The predicted molar refractivity (Wildman–Crippen MR) is 126 cm³/mol. The number of benzene rings is 1. The highest BCUT2D eigenvalue weighted by Gasteiger charge is 2.20. The van der Waals surface area contributed by atoms with Crippen LogP contribution in [0.25, 0.3) is 10.7 Å². The maximum Gasteiger partial charge on any atom is 0.191 e. The van der Waals surface area contributed by atoms with E-state index < -0.39 is 0 Å². The third-order valence-corrected chi connectivity index (χ3v) is 7.83. The first-order chi connectivity index (χ1) is 14.3. The fraction of sp³-hybridized carbons (Fsp3) is 0.522. The lowest BCUT2D eigenvalue weighted by molar-refractivity contribution is 0.255. The Balaban J connectivity index is 1.30.